The average molecular weight is 461 g/mol. The number of carbonyl (C=O) groups excluding carboxylic acids is 1. The number of amides is 1. The first-order valence-electron chi connectivity index (χ1n) is 10.6. The number of benzene rings is 2. The SMILES string of the molecule is CCNC(=O)c1coc(CN(Cc2ccc(OCC)cc2)Cc2cccc(C(F)(F)F)c2)n1. The molecule has 0 aliphatic heterocycles. The van der Waals surface area contributed by atoms with E-state index in [2.05, 4.69) is 10.3 Å². The molecule has 0 fully saturated rings. The van der Waals surface area contributed by atoms with Crippen LogP contribution in [0, 0.1) is 0 Å². The predicted octanol–water partition coefficient (Wildman–Crippen LogP) is 5.04. The van der Waals surface area contributed by atoms with Gasteiger partial charge in [-0.25, -0.2) is 4.98 Å². The zero-order valence-electron chi connectivity index (χ0n) is 18.5. The lowest BCUT2D eigenvalue weighted by molar-refractivity contribution is -0.137. The van der Waals surface area contributed by atoms with Gasteiger partial charge in [-0.15, -0.1) is 0 Å². The van der Waals surface area contributed by atoms with E-state index in [9.17, 15) is 18.0 Å². The number of nitrogens with zero attached hydrogens (tertiary/aromatic N) is 2. The lowest BCUT2D eigenvalue weighted by Gasteiger charge is -2.22. The summed E-state index contributed by atoms with van der Waals surface area (Å²) in [4.78, 5) is 18.1. The van der Waals surface area contributed by atoms with Crippen molar-refractivity contribution in [2.24, 2.45) is 0 Å². The molecule has 0 atom stereocenters. The van der Waals surface area contributed by atoms with Gasteiger partial charge in [0.25, 0.3) is 5.91 Å². The molecule has 3 aromatic rings. The topological polar surface area (TPSA) is 67.6 Å². The van der Waals surface area contributed by atoms with Crippen molar-refractivity contribution in [1.29, 1.82) is 0 Å². The summed E-state index contributed by atoms with van der Waals surface area (Å²) in [5.41, 5.74) is 0.912. The first-order valence-corrected chi connectivity index (χ1v) is 10.6. The van der Waals surface area contributed by atoms with E-state index in [1.807, 2.05) is 36.1 Å². The Labute approximate surface area is 190 Å². The second kappa shape index (κ2) is 11.0. The van der Waals surface area contributed by atoms with Crippen LogP contribution in [0.3, 0.4) is 0 Å². The van der Waals surface area contributed by atoms with E-state index in [0.717, 1.165) is 23.4 Å². The van der Waals surface area contributed by atoms with Crippen molar-refractivity contribution in [3.63, 3.8) is 0 Å². The molecule has 0 aliphatic rings. The lowest BCUT2D eigenvalue weighted by Crippen LogP contribution is -2.24. The van der Waals surface area contributed by atoms with Gasteiger partial charge >= 0.3 is 6.18 Å². The molecule has 176 valence electrons. The highest BCUT2D eigenvalue weighted by Crippen LogP contribution is 2.30. The number of hydrogen-bond acceptors (Lipinski definition) is 5. The summed E-state index contributed by atoms with van der Waals surface area (Å²) in [7, 11) is 0. The number of halogens is 3. The zero-order valence-corrected chi connectivity index (χ0v) is 18.5. The number of alkyl halides is 3. The van der Waals surface area contributed by atoms with E-state index < -0.39 is 11.7 Å². The maximum Gasteiger partial charge on any atom is 0.416 e. The minimum absolute atomic E-state index is 0.159. The van der Waals surface area contributed by atoms with Gasteiger partial charge in [0.1, 0.15) is 12.0 Å². The monoisotopic (exact) mass is 461 g/mol. The van der Waals surface area contributed by atoms with E-state index in [0.29, 0.717) is 31.2 Å². The van der Waals surface area contributed by atoms with Crippen molar-refractivity contribution in [3.8, 4) is 5.75 Å². The Balaban J connectivity index is 1.81. The van der Waals surface area contributed by atoms with Crippen LogP contribution >= 0.6 is 0 Å². The van der Waals surface area contributed by atoms with Crippen LogP contribution in [-0.2, 0) is 25.8 Å². The second-order valence-corrected chi connectivity index (χ2v) is 7.41. The smallest absolute Gasteiger partial charge is 0.416 e. The van der Waals surface area contributed by atoms with Crippen molar-refractivity contribution in [3.05, 3.63) is 83.1 Å². The number of oxazole rings is 1. The van der Waals surface area contributed by atoms with Gasteiger partial charge < -0.3 is 14.5 Å². The molecule has 0 saturated carbocycles. The molecule has 33 heavy (non-hydrogen) atoms. The van der Waals surface area contributed by atoms with Gasteiger partial charge in [-0.05, 0) is 43.2 Å². The minimum Gasteiger partial charge on any atom is -0.494 e. The molecular weight excluding hydrogens is 435 g/mol. The fourth-order valence-electron chi connectivity index (χ4n) is 3.32. The number of aromatic nitrogens is 1. The third kappa shape index (κ3) is 7.08. The highest BCUT2D eigenvalue weighted by Gasteiger charge is 2.30. The van der Waals surface area contributed by atoms with Crippen molar-refractivity contribution in [2.45, 2.75) is 39.7 Å². The Bertz CT molecular complexity index is 1050. The fraction of sp³-hybridized carbons (Fsp3) is 0.333. The highest BCUT2D eigenvalue weighted by atomic mass is 19.4. The quantitative estimate of drug-likeness (QED) is 0.458. The highest BCUT2D eigenvalue weighted by molar-refractivity contribution is 5.91. The van der Waals surface area contributed by atoms with Crippen molar-refractivity contribution in [1.82, 2.24) is 15.2 Å². The summed E-state index contributed by atoms with van der Waals surface area (Å²) in [5.74, 6) is 0.697. The molecule has 1 heterocycles. The standard InChI is InChI=1S/C24H26F3N3O3/c1-3-28-23(31)21-16-33-22(29-21)15-30(13-17-8-10-20(11-9-17)32-4-2)14-18-6-5-7-19(12-18)24(25,26)27/h5-12,16H,3-4,13-15H2,1-2H3,(H,28,31). The molecule has 0 saturated heterocycles. The van der Waals surface area contributed by atoms with Crippen LogP contribution in [-0.4, -0.2) is 28.9 Å². The Morgan fingerprint density at radius 2 is 1.79 bits per heavy atom. The molecule has 0 bridgehead atoms. The molecular formula is C24H26F3N3O3. The summed E-state index contributed by atoms with van der Waals surface area (Å²) in [6.07, 6.45) is -3.14. The molecule has 3 rings (SSSR count). The average Bonchev–Trinajstić information content (AvgIpc) is 3.24. The third-order valence-corrected chi connectivity index (χ3v) is 4.78. The normalized spacial score (nSPS) is 11.6. The Morgan fingerprint density at radius 1 is 1.06 bits per heavy atom. The van der Waals surface area contributed by atoms with E-state index >= 15 is 0 Å². The van der Waals surface area contributed by atoms with Gasteiger partial charge in [0, 0.05) is 19.6 Å². The minimum atomic E-state index is -4.42. The Kier molecular flexibility index (Phi) is 8.11. The summed E-state index contributed by atoms with van der Waals surface area (Å²) in [6, 6.07) is 12.7. The zero-order chi connectivity index (χ0) is 23.8. The van der Waals surface area contributed by atoms with Crippen molar-refractivity contribution in [2.75, 3.05) is 13.2 Å². The summed E-state index contributed by atoms with van der Waals surface area (Å²) < 4.78 is 50.4. The fourth-order valence-corrected chi connectivity index (χ4v) is 3.32. The number of carbonyl (C=O) groups is 1. The van der Waals surface area contributed by atoms with Gasteiger partial charge in [0.15, 0.2) is 5.69 Å². The van der Waals surface area contributed by atoms with Crippen LogP contribution in [0.2, 0.25) is 0 Å². The van der Waals surface area contributed by atoms with Crippen LogP contribution < -0.4 is 10.1 Å². The summed E-state index contributed by atoms with van der Waals surface area (Å²) in [5, 5.41) is 2.65. The number of rotatable bonds is 10. The third-order valence-electron chi connectivity index (χ3n) is 4.78. The Hall–Kier alpha value is -3.33. The predicted molar refractivity (Wildman–Crippen MR) is 117 cm³/mol. The van der Waals surface area contributed by atoms with Crippen LogP contribution in [0.5, 0.6) is 5.75 Å². The maximum absolute atomic E-state index is 13.2. The van der Waals surface area contributed by atoms with Crippen LogP contribution in [0.4, 0.5) is 13.2 Å². The van der Waals surface area contributed by atoms with E-state index in [-0.39, 0.29) is 24.7 Å². The van der Waals surface area contributed by atoms with Crippen LogP contribution in [0.1, 0.15) is 46.9 Å². The van der Waals surface area contributed by atoms with Crippen LogP contribution in [0.25, 0.3) is 0 Å². The molecule has 0 unspecified atom stereocenters. The molecule has 1 N–H and O–H groups in total. The molecule has 2 aromatic carbocycles. The molecule has 0 aliphatic carbocycles. The molecule has 0 spiro atoms. The first kappa shape index (κ1) is 24.3. The van der Waals surface area contributed by atoms with Crippen molar-refractivity contribution >= 4 is 5.91 Å². The summed E-state index contributed by atoms with van der Waals surface area (Å²) >= 11 is 0. The van der Waals surface area contributed by atoms with Gasteiger partial charge in [0.2, 0.25) is 5.89 Å². The number of nitrogens with one attached hydrogen (secondary N) is 1. The van der Waals surface area contributed by atoms with Gasteiger partial charge in [-0.1, -0.05) is 30.3 Å². The van der Waals surface area contributed by atoms with Gasteiger partial charge in [-0.2, -0.15) is 13.2 Å². The number of ether oxygens (including phenoxy) is 1. The van der Waals surface area contributed by atoms with Crippen molar-refractivity contribution < 1.29 is 27.1 Å². The molecule has 9 heteroatoms. The van der Waals surface area contributed by atoms with E-state index in [4.69, 9.17) is 9.15 Å². The van der Waals surface area contributed by atoms with E-state index in [1.165, 1.54) is 12.3 Å². The molecule has 1 amide bonds. The maximum atomic E-state index is 13.2. The lowest BCUT2D eigenvalue weighted by atomic mass is 10.1. The van der Waals surface area contributed by atoms with E-state index in [1.54, 1.807) is 13.0 Å². The molecule has 6 nitrogen and oxygen atoms in total. The molecule has 0 radical (unpaired) electrons. The van der Waals surface area contributed by atoms with Gasteiger partial charge in [0.05, 0.1) is 18.7 Å². The summed E-state index contributed by atoms with van der Waals surface area (Å²) in [6.45, 7) is 5.59. The Morgan fingerprint density at radius 3 is 2.45 bits per heavy atom. The number of hydrogen-bond donors (Lipinski definition) is 1. The molecule has 1 aromatic heterocycles. The van der Waals surface area contributed by atoms with Gasteiger partial charge in [-0.3, -0.25) is 9.69 Å². The largest absolute Gasteiger partial charge is 0.494 e. The van der Waals surface area contributed by atoms with Crippen LogP contribution in [0.15, 0.2) is 59.2 Å². The first-order chi connectivity index (χ1) is 15.8. The second-order valence-electron chi connectivity index (χ2n) is 7.41.